The second-order valence-electron chi connectivity index (χ2n) is 24.9. The molecule has 0 aromatic carbocycles. The van der Waals surface area contributed by atoms with Crippen LogP contribution in [0.2, 0.25) is 0 Å². The van der Waals surface area contributed by atoms with E-state index in [-0.39, 0.29) is 6.10 Å². The van der Waals surface area contributed by atoms with Crippen LogP contribution in [0.25, 0.3) is 0 Å². The van der Waals surface area contributed by atoms with E-state index in [1.165, 1.54) is 302 Å². The first-order valence-corrected chi connectivity index (χ1v) is 30.8. The molecule has 4 aliphatic carbocycles. The molecule has 4 nitrogen and oxygen atoms in total. The maximum Gasteiger partial charge on any atom is 0.0844 e. The Balaban J connectivity index is 0.790. The lowest BCUT2D eigenvalue weighted by molar-refractivity contribution is 0.0973. The van der Waals surface area contributed by atoms with Crippen LogP contribution in [-0.2, 0) is 14.2 Å². The number of hydrogen-bond acceptors (Lipinski definition) is 4. The summed E-state index contributed by atoms with van der Waals surface area (Å²) >= 11 is 0. The van der Waals surface area contributed by atoms with Crippen LogP contribution in [-0.4, -0.2) is 47.8 Å². The zero-order chi connectivity index (χ0) is 44.6. The average molecular weight is 908 g/mol. The van der Waals surface area contributed by atoms with Crippen LogP contribution in [0, 0.1) is 29.1 Å². The van der Waals surface area contributed by atoms with E-state index < -0.39 is 0 Å². The summed E-state index contributed by atoms with van der Waals surface area (Å²) in [6.07, 6.45) is 74.1. The van der Waals surface area contributed by atoms with Crippen LogP contribution in [0.5, 0.6) is 0 Å². The highest BCUT2D eigenvalue weighted by molar-refractivity contribution is 4.93. The molecular weight excluding hydrogens is 797 g/mol. The van der Waals surface area contributed by atoms with Crippen LogP contribution < -0.4 is 0 Å². The Kier molecular flexibility index (Phi) is 24.7. The van der Waals surface area contributed by atoms with Crippen molar-refractivity contribution in [1.29, 1.82) is 0 Å². The van der Waals surface area contributed by atoms with E-state index in [0.29, 0.717) is 42.0 Å². The van der Waals surface area contributed by atoms with Gasteiger partial charge in [0.05, 0.1) is 42.7 Å². The van der Waals surface area contributed by atoms with E-state index in [4.69, 9.17) is 14.2 Å². The van der Waals surface area contributed by atoms with Crippen molar-refractivity contribution in [1.82, 2.24) is 0 Å². The van der Waals surface area contributed by atoms with Gasteiger partial charge in [0.25, 0.3) is 0 Å². The van der Waals surface area contributed by atoms with E-state index >= 15 is 0 Å². The Morgan fingerprint density at radius 2 is 0.554 bits per heavy atom. The molecule has 0 amide bonds. The fraction of sp³-hybridized carbons (Fsp3) is 1.00. The van der Waals surface area contributed by atoms with Crippen LogP contribution in [0.3, 0.4) is 0 Å². The molecular formula is C61H110O4. The Morgan fingerprint density at radius 3 is 0.846 bits per heavy atom. The summed E-state index contributed by atoms with van der Waals surface area (Å²) in [6.45, 7) is 0. The number of unbranched alkanes of at least 4 members (excludes halogenated alkanes) is 24. The second-order valence-corrected chi connectivity index (χ2v) is 24.9. The average Bonchev–Trinajstić information content (AvgIpc) is 4.22. The zero-order valence-corrected chi connectivity index (χ0v) is 43.2. The molecule has 0 spiro atoms. The predicted molar refractivity (Wildman–Crippen MR) is 275 cm³/mol. The van der Waals surface area contributed by atoms with Crippen molar-refractivity contribution in [2.75, 3.05) is 0 Å². The number of rotatable bonds is 40. The van der Waals surface area contributed by atoms with Gasteiger partial charge in [-0.25, -0.2) is 0 Å². The fourth-order valence-corrected chi connectivity index (χ4v) is 14.8. The van der Waals surface area contributed by atoms with Gasteiger partial charge in [-0.3, -0.25) is 0 Å². The first-order valence-electron chi connectivity index (χ1n) is 30.8. The number of ether oxygens (including phenoxy) is 3. The second kappa shape index (κ2) is 30.5. The highest BCUT2D eigenvalue weighted by Crippen LogP contribution is 2.45. The molecule has 4 heteroatoms. The van der Waals surface area contributed by atoms with Crippen LogP contribution in [0.15, 0.2) is 0 Å². The van der Waals surface area contributed by atoms with Gasteiger partial charge in [-0.2, -0.15) is 0 Å². The van der Waals surface area contributed by atoms with E-state index in [1.807, 2.05) is 0 Å². The third kappa shape index (κ3) is 21.4. The summed E-state index contributed by atoms with van der Waals surface area (Å²) in [7, 11) is 0. The lowest BCUT2D eigenvalue weighted by Crippen LogP contribution is -2.21. The smallest absolute Gasteiger partial charge is 0.0844 e. The van der Waals surface area contributed by atoms with Crippen molar-refractivity contribution < 1.29 is 19.3 Å². The van der Waals surface area contributed by atoms with Gasteiger partial charge in [0, 0.05) is 0 Å². The van der Waals surface area contributed by atoms with Gasteiger partial charge in [0.2, 0.25) is 0 Å². The van der Waals surface area contributed by atoms with E-state index in [2.05, 4.69) is 0 Å². The van der Waals surface area contributed by atoms with E-state index in [9.17, 15) is 5.11 Å². The standard InChI is InChI=1S/C61H110O4/c62-54-35-29-34-50(46-54)30-21-13-5-1-9-17-25-42-61(43-26-18-10-2-6-14-22-31-51-36-39-55-58(47-51)63-55,44-27-19-11-3-7-15-23-32-52-37-40-56-59(48-52)64-56)45-28-20-12-4-8-16-24-33-53-38-41-57-60(49-53)65-57/h50-60,62H,1-49H2/t50?,51-,52?,53?,54?,55?,56?,57?,58?,59?,60?,61?/m1/s1. The van der Waals surface area contributed by atoms with Gasteiger partial charge in [0.1, 0.15) is 0 Å². The highest BCUT2D eigenvalue weighted by Gasteiger charge is 2.45. The molecule has 0 radical (unpaired) electrons. The molecule has 0 aromatic heterocycles. The molecule has 3 saturated heterocycles. The molecule has 4 saturated carbocycles. The Bertz CT molecular complexity index is 1050. The summed E-state index contributed by atoms with van der Waals surface area (Å²) in [5, 5.41) is 10.1. The van der Waals surface area contributed by atoms with Gasteiger partial charge in [-0.15, -0.1) is 0 Å². The minimum absolute atomic E-state index is 0.00604. The van der Waals surface area contributed by atoms with Gasteiger partial charge in [-0.05, 0) is 125 Å². The molecule has 7 fully saturated rings. The maximum absolute atomic E-state index is 10.1. The van der Waals surface area contributed by atoms with Crippen molar-refractivity contribution in [3.05, 3.63) is 0 Å². The summed E-state index contributed by atoms with van der Waals surface area (Å²) in [4.78, 5) is 0. The van der Waals surface area contributed by atoms with E-state index in [1.54, 1.807) is 0 Å². The lowest BCUT2D eigenvalue weighted by atomic mass is 9.70. The normalized spacial score (nSPS) is 32.4. The summed E-state index contributed by atoms with van der Waals surface area (Å²) < 4.78 is 17.4. The number of epoxide rings is 3. The number of aliphatic hydroxyl groups is 1. The molecule has 3 heterocycles. The van der Waals surface area contributed by atoms with Crippen LogP contribution in [0.1, 0.15) is 315 Å². The first kappa shape index (κ1) is 52.7. The van der Waals surface area contributed by atoms with Crippen LogP contribution in [0.4, 0.5) is 0 Å². The minimum atomic E-state index is -0.00604. The van der Waals surface area contributed by atoms with Gasteiger partial charge in [-0.1, -0.05) is 218 Å². The Morgan fingerprint density at radius 1 is 0.277 bits per heavy atom. The van der Waals surface area contributed by atoms with Crippen molar-refractivity contribution >= 4 is 0 Å². The van der Waals surface area contributed by atoms with Crippen molar-refractivity contribution in [3.8, 4) is 0 Å². The molecule has 11 atom stereocenters. The van der Waals surface area contributed by atoms with Crippen molar-refractivity contribution in [2.45, 2.75) is 357 Å². The number of fused-ring (bicyclic) bond motifs is 3. The molecule has 10 unspecified atom stereocenters. The Labute approximate surface area is 404 Å². The van der Waals surface area contributed by atoms with Crippen molar-refractivity contribution in [2.24, 2.45) is 29.1 Å². The van der Waals surface area contributed by atoms with Gasteiger partial charge >= 0.3 is 0 Å². The van der Waals surface area contributed by atoms with Crippen molar-refractivity contribution in [3.63, 3.8) is 0 Å². The monoisotopic (exact) mass is 907 g/mol. The number of hydrogen-bond donors (Lipinski definition) is 1. The summed E-state index contributed by atoms with van der Waals surface area (Å²) in [5.74, 6) is 3.71. The predicted octanol–water partition coefficient (Wildman–Crippen LogP) is 18.3. The highest BCUT2D eigenvalue weighted by atomic mass is 16.6. The SMILES string of the molecule is OC1CCCC(CCCCCCCCCC(CCCCCCCCCC2CCC3OC3C2)(CCCCCCCCCC2CCC3OC3C2)CCCCCCCCC[C@@H]2CCC3OC3C2)C1. The third-order valence-electron chi connectivity index (χ3n) is 19.4. The number of aliphatic hydroxyl groups excluding tert-OH is 1. The molecule has 7 aliphatic rings. The summed E-state index contributed by atoms with van der Waals surface area (Å²) in [5.41, 5.74) is 0.614. The summed E-state index contributed by atoms with van der Waals surface area (Å²) in [6, 6.07) is 0. The zero-order valence-electron chi connectivity index (χ0n) is 43.2. The van der Waals surface area contributed by atoms with Crippen LogP contribution >= 0.6 is 0 Å². The largest absolute Gasteiger partial charge is 0.393 e. The maximum atomic E-state index is 10.1. The minimum Gasteiger partial charge on any atom is -0.393 e. The molecule has 65 heavy (non-hydrogen) atoms. The van der Waals surface area contributed by atoms with Gasteiger partial charge in [0.15, 0.2) is 0 Å². The van der Waals surface area contributed by atoms with Gasteiger partial charge < -0.3 is 19.3 Å². The molecule has 378 valence electrons. The quantitative estimate of drug-likeness (QED) is 0.0492. The lowest BCUT2D eigenvalue weighted by Gasteiger charge is -2.35. The molecule has 0 aromatic rings. The fourth-order valence-electron chi connectivity index (χ4n) is 14.8. The third-order valence-corrected chi connectivity index (χ3v) is 19.4. The molecule has 3 aliphatic heterocycles. The molecule has 1 N–H and O–H groups in total. The first-order chi connectivity index (χ1) is 32.1. The molecule has 7 rings (SSSR count). The Hall–Kier alpha value is -0.160. The molecule has 0 bridgehead atoms. The van der Waals surface area contributed by atoms with E-state index in [0.717, 1.165) is 36.5 Å². The topological polar surface area (TPSA) is 57.8 Å².